The first-order valence-corrected chi connectivity index (χ1v) is 6.34. The Morgan fingerprint density at radius 3 is 2.20 bits per heavy atom. The van der Waals surface area contributed by atoms with Crippen LogP contribution in [0.4, 0.5) is 0 Å². The molecule has 0 saturated heterocycles. The first-order valence-electron chi connectivity index (χ1n) is 6.34. The van der Waals surface area contributed by atoms with E-state index in [9.17, 15) is 4.79 Å². The average Bonchev–Trinajstić information content (AvgIpc) is 2.48. The molecule has 1 rings (SSSR count). The molecule has 0 bridgehead atoms. The van der Waals surface area contributed by atoms with Gasteiger partial charge in [0, 0.05) is 6.61 Å². The van der Waals surface area contributed by atoms with Crippen molar-refractivity contribution >= 4 is 5.97 Å². The summed E-state index contributed by atoms with van der Waals surface area (Å²) in [7, 11) is 0. The minimum Gasteiger partial charge on any atom is -0.478 e. The lowest BCUT2D eigenvalue weighted by atomic mass is 10.2. The van der Waals surface area contributed by atoms with Crippen LogP contribution in [-0.4, -0.2) is 56.0 Å². The zero-order valence-corrected chi connectivity index (χ0v) is 11.7. The van der Waals surface area contributed by atoms with Crippen LogP contribution in [-0.2, 0) is 14.2 Å². The molecule has 0 aromatic heterocycles. The van der Waals surface area contributed by atoms with Gasteiger partial charge in [-0.2, -0.15) is 0 Å². The van der Waals surface area contributed by atoms with Crippen LogP contribution in [0, 0.1) is 0 Å². The van der Waals surface area contributed by atoms with Crippen molar-refractivity contribution in [1.82, 2.24) is 0 Å². The summed E-state index contributed by atoms with van der Waals surface area (Å²) in [5, 5.41) is 16.7. The summed E-state index contributed by atoms with van der Waals surface area (Å²) in [6.07, 6.45) is 0. The van der Waals surface area contributed by atoms with Crippen molar-refractivity contribution in [3.8, 4) is 0 Å². The summed E-state index contributed by atoms with van der Waals surface area (Å²) in [4.78, 5) is 10.2. The van der Waals surface area contributed by atoms with Crippen molar-refractivity contribution in [2.75, 3.05) is 39.8 Å². The van der Waals surface area contributed by atoms with Gasteiger partial charge < -0.3 is 24.4 Å². The quantitative estimate of drug-likeness (QED) is 0.527. The summed E-state index contributed by atoms with van der Waals surface area (Å²) >= 11 is 0. The Bertz CT molecular complexity index is 320. The Morgan fingerprint density at radius 2 is 1.70 bits per heavy atom. The summed E-state index contributed by atoms with van der Waals surface area (Å²) in [6.45, 7) is 4.35. The van der Waals surface area contributed by atoms with Gasteiger partial charge in [0.2, 0.25) is 0 Å². The normalized spacial score (nSPS) is 9.70. The van der Waals surface area contributed by atoms with Crippen LogP contribution < -0.4 is 0 Å². The molecule has 0 aliphatic rings. The minimum absolute atomic E-state index is 0.0610. The van der Waals surface area contributed by atoms with E-state index in [2.05, 4.69) is 0 Å². The zero-order chi connectivity index (χ0) is 15.1. The number of hydrogen-bond acceptors (Lipinski definition) is 5. The summed E-state index contributed by atoms with van der Waals surface area (Å²) < 4.78 is 14.8. The van der Waals surface area contributed by atoms with E-state index in [4.69, 9.17) is 24.4 Å². The van der Waals surface area contributed by atoms with Crippen molar-refractivity contribution < 1.29 is 29.2 Å². The maximum atomic E-state index is 10.2. The van der Waals surface area contributed by atoms with Crippen LogP contribution in [0.5, 0.6) is 0 Å². The van der Waals surface area contributed by atoms with E-state index in [0.717, 1.165) is 0 Å². The van der Waals surface area contributed by atoms with Crippen molar-refractivity contribution in [2.45, 2.75) is 6.92 Å². The molecular weight excluding hydrogens is 264 g/mol. The standard InChI is InChI=1S/C7H16O4.C7H6O2/c1-2-9-7-11-6-5-10-4-3-8;8-7(9)6-4-2-1-3-5-6/h8H,2-7H2,1H3;1-5H,(H,8,9). The van der Waals surface area contributed by atoms with Crippen LogP contribution in [0.15, 0.2) is 30.3 Å². The van der Waals surface area contributed by atoms with E-state index in [-0.39, 0.29) is 6.61 Å². The number of benzene rings is 1. The number of carboxylic acids is 1. The van der Waals surface area contributed by atoms with Crippen LogP contribution in [0.3, 0.4) is 0 Å². The van der Waals surface area contributed by atoms with Gasteiger partial charge >= 0.3 is 5.97 Å². The second kappa shape index (κ2) is 14.0. The lowest BCUT2D eigenvalue weighted by Crippen LogP contribution is -2.09. The number of carboxylic acid groups (broad SMARTS) is 1. The highest BCUT2D eigenvalue weighted by atomic mass is 16.7. The Morgan fingerprint density at radius 1 is 1.05 bits per heavy atom. The van der Waals surface area contributed by atoms with Gasteiger partial charge in [0.05, 0.1) is 32.0 Å². The molecule has 0 unspecified atom stereocenters. The van der Waals surface area contributed by atoms with Crippen molar-refractivity contribution in [3.05, 3.63) is 35.9 Å². The number of aliphatic hydroxyl groups is 1. The number of hydrogen-bond donors (Lipinski definition) is 2. The highest BCUT2D eigenvalue weighted by Crippen LogP contribution is 1.96. The Kier molecular flexibility index (Phi) is 12.9. The van der Waals surface area contributed by atoms with Crippen molar-refractivity contribution in [1.29, 1.82) is 0 Å². The molecule has 0 atom stereocenters. The van der Waals surface area contributed by atoms with Crippen LogP contribution in [0.1, 0.15) is 17.3 Å². The van der Waals surface area contributed by atoms with Gasteiger partial charge in [0.15, 0.2) is 0 Å². The smallest absolute Gasteiger partial charge is 0.335 e. The average molecular weight is 286 g/mol. The molecule has 0 amide bonds. The Hall–Kier alpha value is -1.47. The Labute approximate surface area is 118 Å². The van der Waals surface area contributed by atoms with Gasteiger partial charge in [0.1, 0.15) is 6.79 Å². The monoisotopic (exact) mass is 286 g/mol. The Balaban J connectivity index is 0.000000367. The molecule has 114 valence electrons. The van der Waals surface area contributed by atoms with E-state index >= 15 is 0 Å². The second-order valence-corrected chi connectivity index (χ2v) is 3.53. The van der Waals surface area contributed by atoms with Gasteiger partial charge in [-0.1, -0.05) is 18.2 Å². The maximum Gasteiger partial charge on any atom is 0.335 e. The van der Waals surface area contributed by atoms with Gasteiger partial charge in [-0.3, -0.25) is 0 Å². The molecule has 6 nitrogen and oxygen atoms in total. The van der Waals surface area contributed by atoms with E-state index in [1.165, 1.54) is 0 Å². The first-order chi connectivity index (χ1) is 9.72. The third-order valence-corrected chi connectivity index (χ3v) is 2.00. The number of aromatic carboxylic acids is 1. The topological polar surface area (TPSA) is 85.2 Å². The lowest BCUT2D eigenvalue weighted by molar-refractivity contribution is -0.0673. The van der Waals surface area contributed by atoms with Gasteiger partial charge in [-0.05, 0) is 19.1 Å². The van der Waals surface area contributed by atoms with E-state index in [0.29, 0.717) is 38.8 Å². The maximum absolute atomic E-state index is 10.2. The van der Waals surface area contributed by atoms with E-state index < -0.39 is 5.97 Å². The van der Waals surface area contributed by atoms with E-state index in [1.807, 2.05) is 6.92 Å². The largest absolute Gasteiger partial charge is 0.478 e. The fourth-order valence-electron chi connectivity index (χ4n) is 1.07. The summed E-state index contributed by atoms with van der Waals surface area (Å²) in [5.41, 5.74) is 0.331. The van der Waals surface area contributed by atoms with Crippen LogP contribution in [0.25, 0.3) is 0 Å². The predicted molar refractivity (Wildman–Crippen MR) is 73.8 cm³/mol. The third kappa shape index (κ3) is 11.6. The molecule has 0 aliphatic heterocycles. The molecular formula is C14H22O6. The fraction of sp³-hybridized carbons (Fsp3) is 0.500. The number of carbonyl (C=O) groups is 1. The summed E-state index contributed by atoms with van der Waals surface area (Å²) in [6, 6.07) is 8.30. The number of ether oxygens (including phenoxy) is 3. The van der Waals surface area contributed by atoms with Gasteiger partial charge in [0.25, 0.3) is 0 Å². The lowest BCUT2D eigenvalue weighted by Gasteiger charge is -2.03. The third-order valence-electron chi connectivity index (χ3n) is 2.00. The van der Waals surface area contributed by atoms with Crippen molar-refractivity contribution in [2.24, 2.45) is 0 Å². The second-order valence-electron chi connectivity index (χ2n) is 3.53. The summed E-state index contributed by atoms with van der Waals surface area (Å²) in [5.74, 6) is -0.879. The molecule has 6 heteroatoms. The van der Waals surface area contributed by atoms with Crippen LogP contribution in [0.2, 0.25) is 0 Å². The zero-order valence-electron chi connectivity index (χ0n) is 11.7. The SMILES string of the molecule is CCOCOCCOCCO.O=C(O)c1ccccc1. The molecule has 0 fully saturated rings. The highest BCUT2D eigenvalue weighted by Gasteiger charge is 1.96. The fourth-order valence-corrected chi connectivity index (χ4v) is 1.07. The molecule has 2 N–H and O–H groups in total. The number of aliphatic hydroxyl groups excluding tert-OH is 1. The molecule has 1 aromatic rings. The van der Waals surface area contributed by atoms with E-state index in [1.54, 1.807) is 30.3 Å². The molecule has 0 radical (unpaired) electrons. The molecule has 0 spiro atoms. The minimum atomic E-state index is -0.879. The first kappa shape index (κ1) is 18.5. The predicted octanol–water partition coefficient (Wildman–Crippen LogP) is 1.39. The van der Waals surface area contributed by atoms with Gasteiger partial charge in [-0.25, -0.2) is 4.79 Å². The highest BCUT2D eigenvalue weighted by molar-refractivity contribution is 5.87. The van der Waals surface area contributed by atoms with Crippen LogP contribution >= 0.6 is 0 Å². The molecule has 20 heavy (non-hydrogen) atoms. The molecule has 0 aliphatic carbocycles. The molecule has 0 saturated carbocycles. The molecule has 1 aromatic carbocycles. The molecule has 0 heterocycles. The van der Waals surface area contributed by atoms with Gasteiger partial charge in [-0.15, -0.1) is 0 Å². The number of rotatable bonds is 9. The van der Waals surface area contributed by atoms with Crippen molar-refractivity contribution in [3.63, 3.8) is 0 Å².